The van der Waals surface area contributed by atoms with E-state index in [0.717, 1.165) is 21.0 Å². The molecular formula is C8H7N3OS2. The maximum atomic E-state index is 8.47. The molecular weight excluding hydrogens is 218 g/mol. The zero-order valence-corrected chi connectivity index (χ0v) is 8.97. The zero-order chi connectivity index (χ0) is 9.97. The second kappa shape index (κ2) is 3.85. The summed E-state index contributed by atoms with van der Waals surface area (Å²) in [5, 5.41) is 17.5. The van der Waals surface area contributed by atoms with Crippen LogP contribution in [0.2, 0.25) is 0 Å². The molecule has 1 N–H and O–H groups in total. The van der Waals surface area contributed by atoms with E-state index in [2.05, 4.69) is 14.7 Å². The summed E-state index contributed by atoms with van der Waals surface area (Å²) in [5.74, 6) is 0. The molecule has 0 saturated heterocycles. The van der Waals surface area contributed by atoms with Gasteiger partial charge in [-0.05, 0) is 29.9 Å². The molecule has 0 spiro atoms. The van der Waals surface area contributed by atoms with Gasteiger partial charge in [0, 0.05) is 5.56 Å². The van der Waals surface area contributed by atoms with E-state index in [1.807, 2.05) is 18.4 Å². The highest BCUT2D eigenvalue weighted by atomic mass is 32.1. The summed E-state index contributed by atoms with van der Waals surface area (Å²) in [4.78, 5) is 1.96. The van der Waals surface area contributed by atoms with Gasteiger partial charge in [-0.1, -0.05) is 9.64 Å². The monoisotopic (exact) mass is 225 g/mol. The maximum absolute atomic E-state index is 8.47. The van der Waals surface area contributed by atoms with E-state index in [-0.39, 0.29) is 0 Å². The average molecular weight is 225 g/mol. The minimum Gasteiger partial charge on any atom is -0.411 e. The fourth-order valence-corrected chi connectivity index (χ4v) is 2.38. The van der Waals surface area contributed by atoms with Crippen molar-refractivity contribution in [1.82, 2.24) is 9.59 Å². The summed E-state index contributed by atoms with van der Waals surface area (Å²) < 4.78 is 3.87. The highest BCUT2D eigenvalue weighted by Crippen LogP contribution is 2.28. The number of aromatic nitrogens is 2. The van der Waals surface area contributed by atoms with Crippen LogP contribution in [-0.2, 0) is 0 Å². The molecule has 4 nitrogen and oxygen atoms in total. The van der Waals surface area contributed by atoms with Gasteiger partial charge in [-0.2, -0.15) is 0 Å². The Morgan fingerprint density at radius 2 is 2.43 bits per heavy atom. The standard InChI is InChI=1S/C8H7N3OS2/c1-5-8(10-11-14-5)6-2-3-13-7(6)4-9-12/h2-4,12H,1H3/b9-4-. The predicted octanol–water partition coefficient (Wildman–Crippen LogP) is 2.38. The van der Waals surface area contributed by atoms with Gasteiger partial charge in [0.05, 0.1) is 16.0 Å². The van der Waals surface area contributed by atoms with Crippen molar-refractivity contribution < 1.29 is 5.21 Å². The van der Waals surface area contributed by atoms with Gasteiger partial charge >= 0.3 is 0 Å². The quantitative estimate of drug-likeness (QED) is 0.485. The Morgan fingerprint density at radius 1 is 1.57 bits per heavy atom. The number of nitrogens with zero attached hydrogens (tertiary/aromatic N) is 3. The van der Waals surface area contributed by atoms with Crippen LogP contribution in [0.15, 0.2) is 16.6 Å². The highest BCUT2D eigenvalue weighted by Gasteiger charge is 2.11. The Labute approximate surface area is 88.7 Å². The van der Waals surface area contributed by atoms with Crippen molar-refractivity contribution in [2.45, 2.75) is 6.92 Å². The lowest BCUT2D eigenvalue weighted by Crippen LogP contribution is -1.83. The van der Waals surface area contributed by atoms with Crippen molar-refractivity contribution in [1.29, 1.82) is 0 Å². The molecule has 2 heterocycles. The predicted molar refractivity (Wildman–Crippen MR) is 57.3 cm³/mol. The summed E-state index contributed by atoms with van der Waals surface area (Å²) in [6.45, 7) is 1.97. The van der Waals surface area contributed by atoms with Crippen LogP contribution < -0.4 is 0 Å². The van der Waals surface area contributed by atoms with Crippen LogP contribution in [0.1, 0.15) is 9.75 Å². The van der Waals surface area contributed by atoms with Crippen molar-refractivity contribution in [3.63, 3.8) is 0 Å². The molecule has 72 valence electrons. The van der Waals surface area contributed by atoms with E-state index in [4.69, 9.17) is 5.21 Å². The van der Waals surface area contributed by atoms with Gasteiger partial charge in [0.25, 0.3) is 0 Å². The largest absolute Gasteiger partial charge is 0.411 e. The normalized spacial score (nSPS) is 11.2. The summed E-state index contributed by atoms with van der Waals surface area (Å²) in [6, 6.07) is 1.95. The third-order valence-corrected chi connectivity index (χ3v) is 3.26. The number of hydrogen-bond donors (Lipinski definition) is 1. The van der Waals surface area contributed by atoms with E-state index >= 15 is 0 Å². The van der Waals surface area contributed by atoms with Crippen LogP contribution in [-0.4, -0.2) is 21.0 Å². The molecule has 0 aliphatic rings. The first-order valence-electron chi connectivity index (χ1n) is 3.87. The van der Waals surface area contributed by atoms with E-state index in [1.165, 1.54) is 29.1 Å². The smallest absolute Gasteiger partial charge is 0.110 e. The Morgan fingerprint density at radius 3 is 3.07 bits per heavy atom. The Kier molecular flexibility index (Phi) is 2.55. The molecule has 0 bridgehead atoms. The van der Waals surface area contributed by atoms with Gasteiger partial charge in [-0.15, -0.1) is 16.4 Å². The van der Waals surface area contributed by atoms with Gasteiger partial charge in [0.2, 0.25) is 0 Å². The minimum atomic E-state index is 0.867. The molecule has 0 aliphatic heterocycles. The van der Waals surface area contributed by atoms with Gasteiger partial charge in [0.15, 0.2) is 0 Å². The van der Waals surface area contributed by atoms with E-state index in [1.54, 1.807) is 0 Å². The topological polar surface area (TPSA) is 58.4 Å². The van der Waals surface area contributed by atoms with E-state index < -0.39 is 0 Å². The molecule has 6 heteroatoms. The van der Waals surface area contributed by atoms with Gasteiger partial charge < -0.3 is 5.21 Å². The Hall–Kier alpha value is -1.27. The van der Waals surface area contributed by atoms with E-state index in [9.17, 15) is 0 Å². The lowest BCUT2D eigenvalue weighted by molar-refractivity contribution is 0.322. The van der Waals surface area contributed by atoms with Crippen molar-refractivity contribution >= 4 is 29.1 Å². The van der Waals surface area contributed by atoms with Crippen LogP contribution in [0.25, 0.3) is 11.3 Å². The molecule has 0 aliphatic carbocycles. The summed E-state index contributed by atoms with van der Waals surface area (Å²) in [5.41, 5.74) is 1.84. The first kappa shape index (κ1) is 9.29. The van der Waals surface area contributed by atoms with Crippen LogP contribution in [0, 0.1) is 6.92 Å². The lowest BCUT2D eigenvalue weighted by Gasteiger charge is -1.94. The number of rotatable bonds is 2. The summed E-state index contributed by atoms with van der Waals surface area (Å²) in [7, 11) is 0. The number of thiophene rings is 1. The zero-order valence-electron chi connectivity index (χ0n) is 7.34. The second-order valence-electron chi connectivity index (χ2n) is 2.62. The fraction of sp³-hybridized carbons (Fsp3) is 0.125. The van der Waals surface area contributed by atoms with Gasteiger partial charge in [0.1, 0.15) is 5.69 Å². The van der Waals surface area contributed by atoms with Crippen molar-refractivity contribution in [3.8, 4) is 11.3 Å². The third kappa shape index (κ3) is 1.53. The molecule has 2 rings (SSSR count). The second-order valence-corrected chi connectivity index (χ2v) is 4.53. The van der Waals surface area contributed by atoms with Crippen LogP contribution >= 0.6 is 22.9 Å². The van der Waals surface area contributed by atoms with Crippen molar-refractivity contribution in [3.05, 3.63) is 21.2 Å². The van der Waals surface area contributed by atoms with Gasteiger partial charge in [-0.3, -0.25) is 0 Å². The summed E-state index contributed by atoms with van der Waals surface area (Å²) >= 11 is 2.87. The Bertz CT molecular complexity index is 461. The molecule has 2 aromatic rings. The van der Waals surface area contributed by atoms with Crippen molar-refractivity contribution in [2.24, 2.45) is 5.16 Å². The first-order valence-corrected chi connectivity index (χ1v) is 5.52. The van der Waals surface area contributed by atoms with Crippen LogP contribution in [0.3, 0.4) is 0 Å². The third-order valence-electron chi connectivity index (χ3n) is 1.78. The molecule has 0 aromatic carbocycles. The molecule has 0 unspecified atom stereocenters. The van der Waals surface area contributed by atoms with Gasteiger partial charge in [-0.25, -0.2) is 0 Å². The van der Waals surface area contributed by atoms with E-state index in [0.29, 0.717) is 0 Å². The maximum Gasteiger partial charge on any atom is 0.110 e. The number of aryl methyl sites for hydroxylation is 1. The summed E-state index contributed by atoms with van der Waals surface area (Å²) in [6.07, 6.45) is 1.42. The molecule has 0 fully saturated rings. The highest BCUT2D eigenvalue weighted by molar-refractivity contribution is 7.12. The minimum absolute atomic E-state index is 0.867. The SMILES string of the molecule is Cc1snnc1-c1ccsc1/C=N\O. The molecule has 2 aromatic heterocycles. The first-order chi connectivity index (χ1) is 6.83. The number of oxime groups is 1. The number of hydrogen-bond acceptors (Lipinski definition) is 6. The Balaban J connectivity index is 2.51. The average Bonchev–Trinajstić information content (AvgIpc) is 2.74. The molecule has 0 atom stereocenters. The van der Waals surface area contributed by atoms with Crippen molar-refractivity contribution in [2.75, 3.05) is 0 Å². The van der Waals surface area contributed by atoms with Crippen LogP contribution in [0.5, 0.6) is 0 Å². The molecule has 0 radical (unpaired) electrons. The van der Waals surface area contributed by atoms with Crippen LogP contribution in [0.4, 0.5) is 0 Å². The fourth-order valence-electron chi connectivity index (χ4n) is 1.15. The molecule has 14 heavy (non-hydrogen) atoms. The molecule has 0 saturated carbocycles. The molecule has 0 amide bonds. The lowest BCUT2D eigenvalue weighted by atomic mass is 10.2.